The third-order valence-corrected chi connectivity index (χ3v) is 3.11. The van der Waals surface area contributed by atoms with Crippen LogP contribution in [0.5, 0.6) is 5.75 Å². The van der Waals surface area contributed by atoms with Crippen molar-refractivity contribution in [2.45, 2.75) is 38.1 Å². The van der Waals surface area contributed by atoms with Gasteiger partial charge in [0.05, 0.1) is 25.6 Å². The van der Waals surface area contributed by atoms with Gasteiger partial charge in [0.2, 0.25) is 0 Å². The maximum atomic E-state index is 5.91. The van der Waals surface area contributed by atoms with Crippen LogP contribution in [-0.2, 0) is 16.0 Å². The van der Waals surface area contributed by atoms with Gasteiger partial charge in [0.15, 0.2) is 5.75 Å². The molecule has 6 nitrogen and oxygen atoms in total. The lowest BCUT2D eigenvalue weighted by Crippen LogP contribution is -2.59. The number of hydrogen-bond donors (Lipinski definition) is 1. The summed E-state index contributed by atoms with van der Waals surface area (Å²) in [7, 11) is 1.65. The highest BCUT2D eigenvalue weighted by Crippen LogP contribution is 2.27. The van der Waals surface area contributed by atoms with Gasteiger partial charge in [-0.25, -0.2) is 0 Å². The minimum absolute atomic E-state index is 0.0198. The molecule has 0 radical (unpaired) electrons. The van der Waals surface area contributed by atoms with E-state index in [0.29, 0.717) is 13.2 Å². The van der Waals surface area contributed by atoms with E-state index >= 15 is 0 Å². The van der Waals surface area contributed by atoms with Crippen molar-refractivity contribution in [2.24, 2.45) is 5.73 Å². The van der Waals surface area contributed by atoms with Crippen LogP contribution < -0.4 is 10.5 Å². The van der Waals surface area contributed by atoms with E-state index in [1.165, 1.54) is 0 Å². The molecule has 1 aliphatic rings. The lowest BCUT2D eigenvalue weighted by molar-refractivity contribution is -0.107. The molecule has 1 aromatic heterocycles. The summed E-state index contributed by atoms with van der Waals surface area (Å²) in [6.45, 7) is 3.99. The fourth-order valence-electron chi connectivity index (χ4n) is 1.98. The molecule has 0 aromatic carbocycles. The van der Waals surface area contributed by atoms with Gasteiger partial charge >= 0.3 is 0 Å². The Labute approximate surface area is 107 Å². The first-order chi connectivity index (χ1) is 8.74. The lowest BCUT2D eigenvalue weighted by Gasteiger charge is -2.41. The van der Waals surface area contributed by atoms with Gasteiger partial charge in [-0.2, -0.15) is 5.10 Å². The lowest BCUT2D eigenvalue weighted by atomic mass is 9.86. The smallest absolute Gasteiger partial charge is 0.157 e. The summed E-state index contributed by atoms with van der Waals surface area (Å²) in [4.78, 5) is 0. The summed E-state index contributed by atoms with van der Waals surface area (Å²) >= 11 is 0. The summed E-state index contributed by atoms with van der Waals surface area (Å²) in [5, 5.41) is 4.17. The normalized spacial score (nSPS) is 26.9. The molecule has 0 spiro atoms. The van der Waals surface area contributed by atoms with Crippen LogP contribution in [0.2, 0.25) is 0 Å². The minimum atomic E-state index is -0.0508. The molecule has 6 heteroatoms. The van der Waals surface area contributed by atoms with Crippen molar-refractivity contribution in [3.8, 4) is 5.75 Å². The molecule has 1 aromatic rings. The Morgan fingerprint density at radius 1 is 1.50 bits per heavy atom. The van der Waals surface area contributed by atoms with Crippen molar-refractivity contribution >= 4 is 0 Å². The van der Waals surface area contributed by atoms with Crippen LogP contribution in [-0.4, -0.2) is 48.4 Å². The molecule has 0 saturated heterocycles. The molecule has 2 N–H and O–H groups in total. The molecule has 1 heterocycles. The second-order valence-electron chi connectivity index (χ2n) is 4.42. The number of aryl methyl sites for hydroxylation is 1. The first kappa shape index (κ1) is 13.3. The Balaban J connectivity index is 1.81. The molecule has 2 rings (SSSR count). The van der Waals surface area contributed by atoms with E-state index in [-0.39, 0.29) is 18.2 Å². The highest BCUT2D eigenvalue weighted by atomic mass is 16.6. The van der Waals surface area contributed by atoms with Crippen LogP contribution in [0.4, 0.5) is 0 Å². The van der Waals surface area contributed by atoms with Gasteiger partial charge in [0.1, 0.15) is 12.2 Å². The molecule has 3 atom stereocenters. The van der Waals surface area contributed by atoms with Crippen LogP contribution in [0, 0.1) is 0 Å². The third kappa shape index (κ3) is 3.01. The maximum absolute atomic E-state index is 5.91. The zero-order chi connectivity index (χ0) is 13.0. The summed E-state index contributed by atoms with van der Waals surface area (Å²) in [5.74, 6) is 0.772. The van der Waals surface area contributed by atoms with Gasteiger partial charge < -0.3 is 19.9 Å². The first-order valence-corrected chi connectivity index (χ1v) is 6.29. The van der Waals surface area contributed by atoms with Crippen LogP contribution >= 0.6 is 0 Å². The number of hydrogen-bond acceptors (Lipinski definition) is 5. The van der Waals surface area contributed by atoms with Crippen LogP contribution in [0.1, 0.15) is 13.3 Å². The van der Waals surface area contributed by atoms with E-state index in [0.717, 1.165) is 18.7 Å². The van der Waals surface area contributed by atoms with Crippen molar-refractivity contribution in [3.63, 3.8) is 0 Å². The van der Waals surface area contributed by atoms with Gasteiger partial charge in [0.25, 0.3) is 0 Å². The average molecular weight is 255 g/mol. The topological polar surface area (TPSA) is 71.5 Å². The van der Waals surface area contributed by atoms with Crippen molar-refractivity contribution < 1.29 is 14.2 Å². The van der Waals surface area contributed by atoms with Gasteiger partial charge in [-0.1, -0.05) is 0 Å². The number of aromatic nitrogens is 2. The van der Waals surface area contributed by atoms with Crippen LogP contribution in [0.25, 0.3) is 0 Å². The minimum Gasteiger partial charge on any atom is -0.484 e. The van der Waals surface area contributed by atoms with E-state index in [1.54, 1.807) is 13.3 Å². The molecular weight excluding hydrogens is 234 g/mol. The van der Waals surface area contributed by atoms with Gasteiger partial charge in [-0.05, 0) is 6.92 Å². The van der Waals surface area contributed by atoms with Gasteiger partial charge in [-0.3, -0.25) is 4.68 Å². The van der Waals surface area contributed by atoms with Crippen molar-refractivity contribution in [1.82, 2.24) is 9.78 Å². The highest BCUT2D eigenvalue weighted by Gasteiger charge is 2.41. The first-order valence-electron chi connectivity index (χ1n) is 6.29. The number of methoxy groups -OCH3 is 1. The number of nitrogens with zero attached hydrogens (tertiary/aromatic N) is 2. The van der Waals surface area contributed by atoms with Crippen molar-refractivity contribution in [1.29, 1.82) is 0 Å². The summed E-state index contributed by atoms with van der Waals surface area (Å²) in [6.07, 6.45) is 4.39. The van der Waals surface area contributed by atoms with Crippen LogP contribution in [0.15, 0.2) is 12.4 Å². The largest absolute Gasteiger partial charge is 0.484 e. The second kappa shape index (κ2) is 6.17. The molecule has 0 aliphatic heterocycles. The summed E-state index contributed by atoms with van der Waals surface area (Å²) < 4.78 is 18.2. The second-order valence-corrected chi connectivity index (χ2v) is 4.42. The Bertz CT molecular complexity index is 369. The molecule has 1 saturated carbocycles. The molecule has 102 valence electrons. The summed E-state index contributed by atoms with van der Waals surface area (Å²) in [6, 6.07) is 0.0491. The number of ether oxygens (including phenoxy) is 3. The fraction of sp³-hybridized carbons (Fsp3) is 0.750. The highest BCUT2D eigenvalue weighted by molar-refractivity contribution is 5.14. The Morgan fingerprint density at radius 2 is 2.33 bits per heavy atom. The van der Waals surface area contributed by atoms with E-state index in [2.05, 4.69) is 5.10 Å². The van der Waals surface area contributed by atoms with Crippen molar-refractivity contribution in [3.05, 3.63) is 12.4 Å². The SMILES string of the molecule is CCn1cc(OC2CC(N)C2OCCOC)cn1. The van der Waals surface area contributed by atoms with E-state index in [4.69, 9.17) is 19.9 Å². The zero-order valence-electron chi connectivity index (χ0n) is 10.9. The molecular formula is C12H21N3O3. The predicted molar refractivity (Wildman–Crippen MR) is 66.5 cm³/mol. The van der Waals surface area contributed by atoms with E-state index in [1.807, 2.05) is 17.8 Å². The number of rotatable bonds is 7. The molecule has 3 unspecified atom stereocenters. The molecule has 1 fully saturated rings. The molecule has 0 amide bonds. The Morgan fingerprint density at radius 3 is 2.94 bits per heavy atom. The molecule has 0 bridgehead atoms. The van der Waals surface area contributed by atoms with Gasteiger partial charge in [-0.15, -0.1) is 0 Å². The molecule has 1 aliphatic carbocycles. The van der Waals surface area contributed by atoms with Crippen molar-refractivity contribution in [2.75, 3.05) is 20.3 Å². The van der Waals surface area contributed by atoms with E-state index < -0.39 is 0 Å². The van der Waals surface area contributed by atoms with Gasteiger partial charge in [0, 0.05) is 26.1 Å². The standard InChI is InChI=1S/C12H21N3O3/c1-3-15-8-9(7-14-15)18-11-6-10(13)12(11)17-5-4-16-2/h7-8,10-12H,3-6,13H2,1-2H3. The predicted octanol–water partition coefficient (Wildman–Crippen LogP) is 0.413. The van der Waals surface area contributed by atoms with Crippen LogP contribution in [0.3, 0.4) is 0 Å². The quantitative estimate of drug-likeness (QED) is 0.715. The molecule has 18 heavy (non-hydrogen) atoms. The summed E-state index contributed by atoms with van der Waals surface area (Å²) in [5.41, 5.74) is 5.91. The Hall–Kier alpha value is -1.11. The van der Waals surface area contributed by atoms with E-state index in [9.17, 15) is 0 Å². The zero-order valence-corrected chi connectivity index (χ0v) is 10.9. The Kier molecular flexibility index (Phi) is 4.57. The number of nitrogens with two attached hydrogens (primary N) is 1. The average Bonchev–Trinajstić information content (AvgIpc) is 2.82. The third-order valence-electron chi connectivity index (χ3n) is 3.11. The maximum Gasteiger partial charge on any atom is 0.157 e. The fourth-order valence-corrected chi connectivity index (χ4v) is 1.98. The monoisotopic (exact) mass is 255 g/mol.